The molecule has 106 valence electrons. The first-order valence-corrected chi connectivity index (χ1v) is 8.25. The normalized spacial score (nSPS) is 18.4. The van der Waals surface area contributed by atoms with Gasteiger partial charge in [-0.15, -0.1) is 0 Å². The topological polar surface area (TPSA) is 62.3 Å². The Hall–Kier alpha value is -1.66. The lowest BCUT2D eigenvalue weighted by Gasteiger charge is -2.17. The van der Waals surface area contributed by atoms with Crippen LogP contribution in [0.4, 0.5) is 5.82 Å². The number of anilines is 1. The maximum atomic E-state index is 11.9. The van der Waals surface area contributed by atoms with Crippen LogP contribution < -0.4 is 5.32 Å². The van der Waals surface area contributed by atoms with Crippen LogP contribution in [0.5, 0.6) is 0 Å². The number of sulfonamides is 1. The zero-order valence-electron chi connectivity index (χ0n) is 11.3. The Labute approximate surface area is 118 Å². The van der Waals surface area contributed by atoms with Gasteiger partial charge in [0.1, 0.15) is 5.82 Å². The number of benzene rings is 1. The molecule has 5 nitrogen and oxygen atoms in total. The fraction of sp³-hybridized carbons (Fsp3) is 0.357. The summed E-state index contributed by atoms with van der Waals surface area (Å²) in [6, 6.07) is 9.86. The highest BCUT2D eigenvalue weighted by atomic mass is 32.2. The van der Waals surface area contributed by atoms with Crippen molar-refractivity contribution in [3.8, 4) is 0 Å². The van der Waals surface area contributed by atoms with E-state index in [1.807, 2.05) is 30.3 Å². The van der Waals surface area contributed by atoms with Crippen molar-refractivity contribution in [2.75, 3.05) is 24.7 Å². The number of para-hydroxylation sites is 1. The van der Waals surface area contributed by atoms with Crippen LogP contribution in [0.3, 0.4) is 0 Å². The second-order valence-corrected chi connectivity index (χ2v) is 7.03. The predicted molar refractivity (Wildman–Crippen MR) is 80.1 cm³/mol. The maximum Gasteiger partial charge on any atom is 0.214 e. The molecule has 1 aromatic carbocycles. The monoisotopic (exact) mass is 291 g/mol. The number of hydrogen-bond donors (Lipinski definition) is 1. The molecule has 0 radical (unpaired) electrons. The van der Waals surface area contributed by atoms with E-state index in [1.165, 1.54) is 0 Å². The number of rotatable bonds is 3. The lowest BCUT2D eigenvalue weighted by atomic mass is 10.1. The number of nitrogens with zero attached hydrogens (tertiary/aromatic N) is 2. The van der Waals surface area contributed by atoms with Crippen molar-refractivity contribution in [3.63, 3.8) is 0 Å². The van der Waals surface area contributed by atoms with Gasteiger partial charge in [-0.25, -0.2) is 13.4 Å². The lowest BCUT2D eigenvalue weighted by molar-refractivity contribution is 0.440. The predicted octanol–water partition coefficient (Wildman–Crippen LogP) is 1.81. The Balaban J connectivity index is 2.02. The Kier molecular flexibility index (Phi) is 3.35. The van der Waals surface area contributed by atoms with Crippen molar-refractivity contribution < 1.29 is 8.42 Å². The van der Waals surface area contributed by atoms with Gasteiger partial charge in [0.2, 0.25) is 10.0 Å². The average Bonchev–Trinajstić information content (AvgIpc) is 2.77. The van der Waals surface area contributed by atoms with E-state index in [2.05, 4.69) is 10.3 Å². The summed E-state index contributed by atoms with van der Waals surface area (Å²) in [6.07, 6.45) is 0.707. The van der Waals surface area contributed by atoms with Crippen LogP contribution in [0.15, 0.2) is 30.3 Å². The second kappa shape index (κ2) is 5.03. The summed E-state index contributed by atoms with van der Waals surface area (Å²) in [7, 11) is -1.28. The zero-order valence-corrected chi connectivity index (χ0v) is 12.2. The maximum absolute atomic E-state index is 11.9. The minimum Gasteiger partial charge on any atom is -0.373 e. The number of pyridine rings is 1. The van der Waals surface area contributed by atoms with E-state index >= 15 is 0 Å². The number of nitrogens with one attached hydrogen (secondary N) is 1. The first-order chi connectivity index (χ1) is 9.60. The van der Waals surface area contributed by atoms with E-state index in [1.54, 1.807) is 11.4 Å². The Morgan fingerprint density at radius 3 is 2.85 bits per heavy atom. The molecule has 0 atom stereocenters. The van der Waals surface area contributed by atoms with Crippen LogP contribution in [0.2, 0.25) is 0 Å². The molecule has 0 aliphatic carbocycles. The summed E-state index contributed by atoms with van der Waals surface area (Å²) in [5.41, 5.74) is 1.82. The molecule has 1 aromatic heterocycles. The summed E-state index contributed by atoms with van der Waals surface area (Å²) in [5.74, 6) is 0.994. The molecule has 3 rings (SSSR count). The van der Waals surface area contributed by atoms with Gasteiger partial charge < -0.3 is 5.32 Å². The summed E-state index contributed by atoms with van der Waals surface area (Å²) in [5, 5.41) is 4.08. The first kappa shape index (κ1) is 13.3. The molecular weight excluding hydrogens is 274 g/mol. The highest BCUT2D eigenvalue weighted by Crippen LogP contribution is 2.24. The third-order valence-electron chi connectivity index (χ3n) is 3.59. The van der Waals surface area contributed by atoms with E-state index < -0.39 is 10.0 Å². The van der Waals surface area contributed by atoms with Crippen molar-refractivity contribution in [1.82, 2.24) is 9.29 Å². The molecule has 1 aliphatic heterocycles. The van der Waals surface area contributed by atoms with Gasteiger partial charge in [0, 0.05) is 31.1 Å². The fourth-order valence-corrected chi connectivity index (χ4v) is 4.05. The van der Waals surface area contributed by atoms with Crippen LogP contribution >= 0.6 is 0 Å². The quantitative estimate of drug-likeness (QED) is 0.937. The van der Waals surface area contributed by atoms with Gasteiger partial charge in [0.15, 0.2) is 0 Å². The molecule has 20 heavy (non-hydrogen) atoms. The molecule has 0 spiro atoms. The fourth-order valence-electron chi connectivity index (χ4n) is 2.56. The Bertz CT molecular complexity index is 743. The summed E-state index contributed by atoms with van der Waals surface area (Å²) < 4.78 is 25.4. The highest BCUT2D eigenvalue weighted by molar-refractivity contribution is 7.89. The standard InChI is InChI=1S/C14H17N3O2S/c1-15-14-12(10-17-7-4-8-20(17,18)19)9-11-5-2-3-6-13(11)16-14/h2-3,5-6,9H,4,7-8,10H2,1H3,(H,15,16). The van der Waals surface area contributed by atoms with Gasteiger partial charge in [-0.05, 0) is 18.6 Å². The summed E-state index contributed by atoms with van der Waals surface area (Å²) >= 11 is 0. The van der Waals surface area contributed by atoms with E-state index in [-0.39, 0.29) is 5.75 Å². The highest BCUT2D eigenvalue weighted by Gasteiger charge is 2.28. The van der Waals surface area contributed by atoms with Crippen molar-refractivity contribution in [2.45, 2.75) is 13.0 Å². The summed E-state index contributed by atoms with van der Waals surface area (Å²) in [4.78, 5) is 4.55. The van der Waals surface area contributed by atoms with Crippen molar-refractivity contribution >= 4 is 26.7 Å². The van der Waals surface area contributed by atoms with Crippen molar-refractivity contribution in [2.24, 2.45) is 0 Å². The Morgan fingerprint density at radius 1 is 1.35 bits per heavy atom. The molecular formula is C14H17N3O2S. The third kappa shape index (κ3) is 2.36. The van der Waals surface area contributed by atoms with Crippen LogP contribution in [0.1, 0.15) is 12.0 Å². The van der Waals surface area contributed by atoms with Gasteiger partial charge in [-0.1, -0.05) is 18.2 Å². The third-order valence-corrected chi connectivity index (χ3v) is 5.49. The molecule has 1 N–H and O–H groups in total. The zero-order chi connectivity index (χ0) is 14.2. The molecule has 0 unspecified atom stereocenters. The van der Waals surface area contributed by atoms with Gasteiger partial charge in [-0.2, -0.15) is 4.31 Å². The molecule has 0 amide bonds. The molecule has 0 bridgehead atoms. The number of hydrogen-bond acceptors (Lipinski definition) is 4. The molecule has 2 heterocycles. The van der Waals surface area contributed by atoms with E-state index in [0.717, 1.165) is 22.3 Å². The molecule has 1 saturated heterocycles. The van der Waals surface area contributed by atoms with Gasteiger partial charge in [0.25, 0.3) is 0 Å². The van der Waals surface area contributed by atoms with Gasteiger partial charge in [0.05, 0.1) is 11.3 Å². The van der Waals surface area contributed by atoms with Crippen LogP contribution in [0, 0.1) is 0 Å². The SMILES string of the molecule is CNc1nc2ccccc2cc1CN1CCCS1(=O)=O. The molecule has 6 heteroatoms. The van der Waals surface area contributed by atoms with Gasteiger partial charge in [-0.3, -0.25) is 0 Å². The van der Waals surface area contributed by atoms with E-state index in [0.29, 0.717) is 19.5 Å². The average molecular weight is 291 g/mol. The minimum atomic E-state index is -3.09. The van der Waals surface area contributed by atoms with Crippen LogP contribution in [-0.2, 0) is 16.6 Å². The Morgan fingerprint density at radius 2 is 2.15 bits per heavy atom. The second-order valence-electron chi connectivity index (χ2n) is 4.94. The largest absolute Gasteiger partial charge is 0.373 e. The molecule has 1 fully saturated rings. The van der Waals surface area contributed by atoms with Crippen LogP contribution in [0.25, 0.3) is 10.9 Å². The number of fused-ring (bicyclic) bond motifs is 1. The van der Waals surface area contributed by atoms with Crippen LogP contribution in [-0.4, -0.2) is 37.1 Å². The number of aromatic nitrogens is 1. The molecule has 0 saturated carbocycles. The smallest absolute Gasteiger partial charge is 0.214 e. The van der Waals surface area contributed by atoms with Gasteiger partial charge >= 0.3 is 0 Å². The molecule has 1 aliphatic rings. The lowest BCUT2D eigenvalue weighted by Crippen LogP contribution is -2.25. The first-order valence-electron chi connectivity index (χ1n) is 6.64. The van der Waals surface area contributed by atoms with Crippen molar-refractivity contribution in [1.29, 1.82) is 0 Å². The van der Waals surface area contributed by atoms with E-state index in [4.69, 9.17) is 0 Å². The summed E-state index contributed by atoms with van der Waals surface area (Å²) in [6.45, 7) is 0.981. The van der Waals surface area contributed by atoms with E-state index in [9.17, 15) is 8.42 Å². The van der Waals surface area contributed by atoms with Crippen molar-refractivity contribution in [3.05, 3.63) is 35.9 Å². The minimum absolute atomic E-state index is 0.253. The molecule has 2 aromatic rings.